The van der Waals surface area contributed by atoms with Crippen molar-refractivity contribution < 1.29 is 24.0 Å². The first-order chi connectivity index (χ1) is 14.0. The summed E-state index contributed by atoms with van der Waals surface area (Å²) in [6.07, 6.45) is 2.27. The third-order valence-electron chi connectivity index (χ3n) is 5.36. The normalized spacial score (nSPS) is 23.4. The van der Waals surface area contributed by atoms with Crippen LogP contribution >= 0.6 is 0 Å². The number of hydrogen-bond acceptors (Lipinski definition) is 6. The van der Waals surface area contributed by atoms with Crippen molar-refractivity contribution in [3.05, 3.63) is 82.1 Å². The van der Waals surface area contributed by atoms with E-state index in [1.165, 1.54) is 30.5 Å². The van der Waals surface area contributed by atoms with Gasteiger partial charge in [0.05, 0.1) is 28.2 Å². The van der Waals surface area contributed by atoms with Crippen molar-refractivity contribution >= 4 is 23.0 Å². The standard InChI is InChI=1S/C22H19NO6/c24-21-18-10-9-17(29-22(25)15-7-4-8-16(11-15)23(26)27)12-20(18)28-13-19(21)14-5-2-1-3-6-14/h1-8,11,13,17-18,20H,9-10,12H2. The molecule has 1 fully saturated rings. The summed E-state index contributed by atoms with van der Waals surface area (Å²) < 4.78 is 11.4. The zero-order chi connectivity index (χ0) is 20.4. The SMILES string of the molecule is O=C(OC1CCC2C(=O)C(c3ccccc3)=COC2C1)c1cccc([N+](=O)[O-])c1. The first-order valence-corrected chi connectivity index (χ1v) is 9.43. The molecule has 3 unspecified atom stereocenters. The largest absolute Gasteiger partial charge is 0.496 e. The summed E-state index contributed by atoms with van der Waals surface area (Å²) in [5.74, 6) is -0.821. The second-order valence-electron chi connectivity index (χ2n) is 7.19. The van der Waals surface area contributed by atoms with Crippen molar-refractivity contribution in [3.63, 3.8) is 0 Å². The fraction of sp³-hybridized carbons (Fsp3) is 0.273. The molecule has 4 rings (SSSR count). The molecule has 1 aliphatic carbocycles. The van der Waals surface area contributed by atoms with Gasteiger partial charge in [0.15, 0.2) is 5.78 Å². The number of ether oxygens (including phenoxy) is 2. The van der Waals surface area contributed by atoms with Gasteiger partial charge in [-0.3, -0.25) is 14.9 Å². The van der Waals surface area contributed by atoms with E-state index in [0.29, 0.717) is 24.8 Å². The van der Waals surface area contributed by atoms with Crippen LogP contribution in [0.5, 0.6) is 0 Å². The number of carbonyl (C=O) groups excluding carboxylic acids is 2. The van der Waals surface area contributed by atoms with Crippen LogP contribution in [0.2, 0.25) is 0 Å². The summed E-state index contributed by atoms with van der Waals surface area (Å²) in [4.78, 5) is 35.6. The minimum Gasteiger partial charge on any atom is -0.496 e. The number of Topliss-reactive ketones (excluding diaryl/α,β-unsaturated/α-hetero) is 1. The van der Waals surface area contributed by atoms with Gasteiger partial charge in [-0.15, -0.1) is 0 Å². The maximum atomic E-state index is 12.9. The highest BCUT2D eigenvalue weighted by molar-refractivity contribution is 6.22. The third-order valence-corrected chi connectivity index (χ3v) is 5.36. The van der Waals surface area contributed by atoms with Gasteiger partial charge in [-0.25, -0.2) is 4.79 Å². The predicted octanol–water partition coefficient (Wildman–Crippen LogP) is 3.93. The molecule has 7 heteroatoms. The average Bonchev–Trinajstić information content (AvgIpc) is 2.74. The highest BCUT2D eigenvalue weighted by Crippen LogP contribution is 2.37. The molecule has 0 saturated heterocycles. The number of ketones is 1. The first kappa shape index (κ1) is 18.9. The summed E-state index contributed by atoms with van der Waals surface area (Å²) in [7, 11) is 0. The molecular formula is C22H19NO6. The van der Waals surface area contributed by atoms with Crippen LogP contribution < -0.4 is 0 Å². The van der Waals surface area contributed by atoms with Gasteiger partial charge >= 0.3 is 5.97 Å². The van der Waals surface area contributed by atoms with Gasteiger partial charge in [-0.1, -0.05) is 36.4 Å². The summed E-state index contributed by atoms with van der Waals surface area (Å²) in [6, 6.07) is 14.8. The Morgan fingerprint density at radius 3 is 2.66 bits per heavy atom. The van der Waals surface area contributed by atoms with Gasteiger partial charge in [-0.05, 0) is 24.5 Å². The van der Waals surface area contributed by atoms with E-state index in [1.54, 1.807) is 0 Å². The predicted molar refractivity (Wildman–Crippen MR) is 104 cm³/mol. The zero-order valence-corrected chi connectivity index (χ0v) is 15.5. The monoisotopic (exact) mass is 393 g/mol. The second-order valence-corrected chi connectivity index (χ2v) is 7.19. The molecular weight excluding hydrogens is 374 g/mol. The van der Waals surface area contributed by atoms with Gasteiger partial charge in [0.2, 0.25) is 0 Å². The highest BCUT2D eigenvalue weighted by atomic mass is 16.6. The highest BCUT2D eigenvalue weighted by Gasteiger charge is 2.41. The van der Waals surface area contributed by atoms with Crippen LogP contribution in [-0.4, -0.2) is 28.9 Å². The molecule has 3 atom stereocenters. The van der Waals surface area contributed by atoms with E-state index in [2.05, 4.69) is 0 Å². The number of rotatable bonds is 4. The molecule has 2 aliphatic rings. The molecule has 1 heterocycles. The van der Waals surface area contributed by atoms with Gasteiger partial charge in [0.1, 0.15) is 12.2 Å². The first-order valence-electron chi connectivity index (χ1n) is 9.43. The minimum absolute atomic E-state index is 0.0518. The van der Waals surface area contributed by atoms with Crippen LogP contribution in [-0.2, 0) is 14.3 Å². The molecule has 0 bridgehead atoms. The Balaban J connectivity index is 1.43. The van der Waals surface area contributed by atoms with Crippen molar-refractivity contribution in [2.45, 2.75) is 31.5 Å². The zero-order valence-electron chi connectivity index (χ0n) is 15.5. The third kappa shape index (κ3) is 3.89. The van der Waals surface area contributed by atoms with E-state index in [-0.39, 0.29) is 29.1 Å². The van der Waals surface area contributed by atoms with Crippen LogP contribution in [0.1, 0.15) is 35.2 Å². The van der Waals surface area contributed by atoms with Crippen molar-refractivity contribution in [1.29, 1.82) is 0 Å². The molecule has 2 aromatic rings. The fourth-order valence-corrected chi connectivity index (χ4v) is 3.86. The van der Waals surface area contributed by atoms with Crippen molar-refractivity contribution in [2.75, 3.05) is 0 Å². The van der Waals surface area contributed by atoms with Crippen molar-refractivity contribution in [2.24, 2.45) is 5.92 Å². The maximum absolute atomic E-state index is 12.9. The molecule has 0 spiro atoms. The molecule has 1 aliphatic heterocycles. The van der Waals surface area contributed by atoms with E-state index >= 15 is 0 Å². The number of non-ortho nitro benzene ring substituents is 1. The van der Waals surface area contributed by atoms with Crippen LogP contribution in [0.3, 0.4) is 0 Å². The van der Waals surface area contributed by atoms with Crippen LogP contribution in [0.15, 0.2) is 60.9 Å². The second kappa shape index (κ2) is 7.87. The Hall–Kier alpha value is -3.48. The number of fused-ring (bicyclic) bond motifs is 1. The summed E-state index contributed by atoms with van der Waals surface area (Å²) in [5, 5.41) is 10.9. The van der Waals surface area contributed by atoms with E-state index in [9.17, 15) is 19.7 Å². The summed E-state index contributed by atoms with van der Waals surface area (Å²) in [5.41, 5.74) is 1.37. The summed E-state index contributed by atoms with van der Waals surface area (Å²) in [6.45, 7) is 0. The lowest BCUT2D eigenvalue weighted by Crippen LogP contribution is -2.41. The Kier molecular flexibility index (Phi) is 5.12. The minimum atomic E-state index is -0.611. The molecule has 29 heavy (non-hydrogen) atoms. The van der Waals surface area contributed by atoms with Gasteiger partial charge < -0.3 is 9.47 Å². The lowest BCUT2D eigenvalue weighted by molar-refractivity contribution is -0.384. The smallest absolute Gasteiger partial charge is 0.338 e. The Morgan fingerprint density at radius 2 is 1.90 bits per heavy atom. The van der Waals surface area contributed by atoms with Crippen LogP contribution in [0, 0.1) is 16.0 Å². The van der Waals surface area contributed by atoms with E-state index in [4.69, 9.17) is 9.47 Å². The lowest BCUT2D eigenvalue weighted by Gasteiger charge is -2.37. The number of hydrogen-bond donors (Lipinski definition) is 0. The van der Waals surface area contributed by atoms with Crippen LogP contribution in [0.25, 0.3) is 5.57 Å². The molecule has 1 saturated carbocycles. The molecule has 0 radical (unpaired) electrons. The number of esters is 1. The Morgan fingerprint density at radius 1 is 1.10 bits per heavy atom. The molecule has 0 amide bonds. The van der Waals surface area contributed by atoms with Gasteiger partial charge in [0, 0.05) is 18.6 Å². The molecule has 0 N–H and O–H groups in total. The van der Waals surface area contributed by atoms with E-state index < -0.39 is 17.0 Å². The average molecular weight is 393 g/mol. The van der Waals surface area contributed by atoms with E-state index in [1.807, 2.05) is 30.3 Å². The van der Waals surface area contributed by atoms with Crippen molar-refractivity contribution in [3.8, 4) is 0 Å². The maximum Gasteiger partial charge on any atom is 0.338 e. The number of carbonyl (C=O) groups is 2. The Labute approximate surface area is 167 Å². The fourth-order valence-electron chi connectivity index (χ4n) is 3.86. The topological polar surface area (TPSA) is 95.7 Å². The van der Waals surface area contributed by atoms with Gasteiger partial charge in [-0.2, -0.15) is 0 Å². The van der Waals surface area contributed by atoms with Crippen molar-refractivity contribution in [1.82, 2.24) is 0 Å². The molecule has 7 nitrogen and oxygen atoms in total. The molecule has 0 aromatic heterocycles. The van der Waals surface area contributed by atoms with E-state index in [0.717, 1.165) is 5.56 Å². The number of nitrogens with zero attached hydrogens (tertiary/aromatic N) is 1. The number of nitro groups is 1. The van der Waals surface area contributed by atoms with Gasteiger partial charge in [0.25, 0.3) is 5.69 Å². The van der Waals surface area contributed by atoms with Crippen LogP contribution in [0.4, 0.5) is 5.69 Å². The Bertz CT molecular complexity index is 984. The quantitative estimate of drug-likeness (QED) is 0.444. The molecule has 2 aromatic carbocycles. The lowest BCUT2D eigenvalue weighted by atomic mass is 9.78. The molecule has 148 valence electrons. The number of allylic oxidation sites excluding steroid dienone is 1. The number of nitro benzene ring substituents is 1. The summed E-state index contributed by atoms with van der Waals surface area (Å²) >= 11 is 0. The number of benzene rings is 2.